The van der Waals surface area contributed by atoms with E-state index in [1.807, 2.05) is 6.07 Å². The van der Waals surface area contributed by atoms with Gasteiger partial charge in [0.25, 0.3) is 0 Å². The number of aliphatic hydroxyl groups excluding tert-OH is 1. The molecule has 0 amide bonds. The third-order valence-electron chi connectivity index (χ3n) is 3.04. The molecule has 1 atom stereocenters. The summed E-state index contributed by atoms with van der Waals surface area (Å²) in [5, 5.41) is 12.7. The normalized spacial score (nSPS) is 16.8. The summed E-state index contributed by atoms with van der Waals surface area (Å²) in [7, 11) is 0. The van der Waals surface area contributed by atoms with Crippen molar-refractivity contribution in [3.05, 3.63) is 29.6 Å². The maximum absolute atomic E-state index is 13.3. The van der Waals surface area contributed by atoms with Crippen molar-refractivity contribution >= 4 is 11.8 Å². The highest BCUT2D eigenvalue weighted by Gasteiger charge is 2.20. The number of halogens is 1. The van der Waals surface area contributed by atoms with Gasteiger partial charge < -0.3 is 10.4 Å². The summed E-state index contributed by atoms with van der Waals surface area (Å²) in [6.07, 6.45) is 3.23. The average molecular weight is 269 g/mol. The van der Waals surface area contributed by atoms with Crippen molar-refractivity contribution in [3.63, 3.8) is 0 Å². The van der Waals surface area contributed by atoms with Crippen LogP contribution >= 0.6 is 11.8 Å². The minimum Gasteiger partial charge on any atom is -0.396 e. The minimum absolute atomic E-state index is 0.179. The summed E-state index contributed by atoms with van der Waals surface area (Å²) in [4.78, 5) is 1.12. The average Bonchev–Trinajstić information content (AvgIpc) is 3.14. The summed E-state index contributed by atoms with van der Waals surface area (Å²) in [6.45, 7) is 3.02. The molecule has 18 heavy (non-hydrogen) atoms. The fourth-order valence-electron chi connectivity index (χ4n) is 1.80. The van der Waals surface area contributed by atoms with Crippen molar-refractivity contribution in [3.8, 4) is 0 Å². The van der Waals surface area contributed by atoms with E-state index >= 15 is 0 Å². The van der Waals surface area contributed by atoms with Crippen LogP contribution in [0, 0.1) is 5.82 Å². The number of nitrogens with one attached hydrogen (secondary N) is 1. The van der Waals surface area contributed by atoms with Gasteiger partial charge in [-0.3, -0.25) is 0 Å². The van der Waals surface area contributed by atoms with E-state index in [0.717, 1.165) is 23.4 Å². The summed E-state index contributed by atoms with van der Waals surface area (Å²) < 4.78 is 13.3. The fraction of sp³-hybridized carbons (Fsp3) is 0.571. The number of hydrogen-bond donors (Lipinski definition) is 2. The van der Waals surface area contributed by atoms with Crippen molar-refractivity contribution in [1.82, 2.24) is 5.32 Å². The topological polar surface area (TPSA) is 32.3 Å². The van der Waals surface area contributed by atoms with E-state index in [1.54, 1.807) is 17.8 Å². The smallest absolute Gasteiger partial charge is 0.123 e. The number of aliphatic hydroxyl groups is 1. The first-order valence-corrected chi connectivity index (χ1v) is 7.36. The zero-order chi connectivity index (χ0) is 13.0. The Hall–Kier alpha value is -0.580. The SMILES string of the molecule is CC(CCO)Sc1ccc(F)cc1CNC1CC1. The van der Waals surface area contributed by atoms with Crippen molar-refractivity contribution in [1.29, 1.82) is 0 Å². The second kappa shape index (κ2) is 6.55. The molecule has 1 unspecified atom stereocenters. The van der Waals surface area contributed by atoms with Gasteiger partial charge in [0.1, 0.15) is 5.82 Å². The van der Waals surface area contributed by atoms with Crippen LogP contribution in [0.5, 0.6) is 0 Å². The maximum Gasteiger partial charge on any atom is 0.123 e. The van der Waals surface area contributed by atoms with E-state index in [2.05, 4.69) is 12.2 Å². The highest BCUT2D eigenvalue weighted by Crippen LogP contribution is 2.29. The highest BCUT2D eigenvalue weighted by atomic mass is 32.2. The Bertz CT molecular complexity index is 395. The molecule has 1 fully saturated rings. The molecule has 0 aromatic heterocycles. The first-order valence-electron chi connectivity index (χ1n) is 6.48. The Morgan fingerprint density at radius 2 is 2.28 bits per heavy atom. The Morgan fingerprint density at radius 1 is 1.50 bits per heavy atom. The largest absolute Gasteiger partial charge is 0.396 e. The summed E-state index contributed by atoms with van der Waals surface area (Å²) in [6, 6.07) is 5.59. The Morgan fingerprint density at radius 3 is 2.94 bits per heavy atom. The summed E-state index contributed by atoms with van der Waals surface area (Å²) >= 11 is 1.71. The first kappa shape index (κ1) is 13.8. The molecular formula is C14H20FNOS. The monoisotopic (exact) mass is 269 g/mol. The molecule has 1 aromatic rings. The molecule has 0 heterocycles. The van der Waals surface area contributed by atoms with E-state index in [0.29, 0.717) is 11.3 Å². The van der Waals surface area contributed by atoms with Crippen LogP contribution in [0.2, 0.25) is 0 Å². The van der Waals surface area contributed by atoms with Gasteiger partial charge >= 0.3 is 0 Å². The van der Waals surface area contributed by atoms with E-state index in [9.17, 15) is 4.39 Å². The lowest BCUT2D eigenvalue weighted by atomic mass is 10.2. The second-order valence-electron chi connectivity index (χ2n) is 4.85. The molecule has 0 radical (unpaired) electrons. The van der Waals surface area contributed by atoms with Gasteiger partial charge in [-0.15, -0.1) is 11.8 Å². The number of thioether (sulfide) groups is 1. The van der Waals surface area contributed by atoms with E-state index in [1.165, 1.54) is 18.9 Å². The maximum atomic E-state index is 13.3. The zero-order valence-corrected chi connectivity index (χ0v) is 11.5. The molecular weight excluding hydrogens is 249 g/mol. The standard InChI is InChI=1S/C14H20FNOS/c1-10(6-7-17)18-14-5-2-12(15)8-11(14)9-16-13-3-4-13/h2,5,8,10,13,16-17H,3-4,6-7,9H2,1H3. The molecule has 2 rings (SSSR count). The van der Waals surface area contributed by atoms with Gasteiger partial charge in [0.2, 0.25) is 0 Å². The molecule has 4 heteroatoms. The second-order valence-corrected chi connectivity index (χ2v) is 6.33. The molecule has 0 bridgehead atoms. The van der Waals surface area contributed by atoms with Gasteiger partial charge in [-0.2, -0.15) is 0 Å². The molecule has 0 spiro atoms. The third kappa shape index (κ3) is 4.26. The quantitative estimate of drug-likeness (QED) is 0.747. The van der Waals surface area contributed by atoms with Crippen molar-refractivity contribution < 1.29 is 9.50 Å². The van der Waals surface area contributed by atoms with Crippen molar-refractivity contribution in [2.24, 2.45) is 0 Å². The van der Waals surface area contributed by atoms with Crippen molar-refractivity contribution in [2.45, 2.75) is 48.9 Å². The van der Waals surface area contributed by atoms with Crippen LogP contribution in [0.15, 0.2) is 23.1 Å². The summed E-state index contributed by atoms with van der Waals surface area (Å²) in [5.74, 6) is -0.179. The molecule has 1 aliphatic carbocycles. The number of rotatable bonds is 7. The van der Waals surface area contributed by atoms with Crippen LogP contribution in [0.1, 0.15) is 31.7 Å². The third-order valence-corrected chi connectivity index (χ3v) is 4.34. The number of hydrogen-bond acceptors (Lipinski definition) is 3. The first-order chi connectivity index (χ1) is 8.69. The zero-order valence-electron chi connectivity index (χ0n) is 10.7. The Labute approximate surface area is 112 Å². The summed E-state index contributed by atoms with van der Waals surface area (Å²) in [5.41, 5.74) is 1.02. The molecule has 100 valence electrons. The molecule has 2 nitrogen and oxygen atoms in total. The van der Waals surface area contributed by atoms with Gasteiger partial charge in [-0.1, -0.05) is 6.92 Å². The van der Waals surface area contributed by atoms with Crippen LogP contribution in [0.25, 0.3) is 0 Å². The lowest BCUT2D eigenvalue weighted by Crippen LogP contribution is -2.16. The number of benzene rings is 1. The lowest BCUT2D eigenvalue weighted by molar-refractivity contribution is 0.289. The highest BCUT2D eigenvalue weighted by molar-refractivity contribution is 8.00. The van der Waals surface area contributed by atoms with Crippen LogP contribution in [0.3, 0.4) is 0 Å². The minimum atomic E-state index is -0.179. The molecule has 1 aromatic carbocycles. The van der Waals surface area contributed by atoms with E-state index in [4.69, 9.17) is 5.11 Å². The van der Waals surface area contributed by atoms with E-state index in [-0.39, 0.29) is 12.4 Å². The van der Waals surface area contributed by atoms with Gasteiger partial charge in [-0.25, -0.2) is 4.39 Å². The predicted molar refractivity (Wildman–Crippen MR) is 73.3 cm³/mol. The van der Waals surface area contributed by atoms with Gasteiger partial charge in [0.15, 0.2) is 0 Å². The predicted octanol–water partition coefficient (Wildman–Crippen LogP) is 2.94. The molecule has 1 aliphatic rings. The van der Waals surface area contributed by atoms with Crippen LogP contribution < -0.4 is 5.32 Å². The Kier molecular flexibility index (Phi) is 5.03. The lowest BCUT2D eigenvalue weighted by Gasteiger charge is -2.14. The Balaban J connectivity index is 2.01. The van der Waals surface area contributed by atoms with Gasteiger partial charge in [-0.05, 0) is 43.0 Å². The van der Waals surface area contributed by atoms with Crippen LogP contribution in [-0.4, -0.2) is 23.0 Å². The van der Waals surface area contributed by atoms with Crippen LogP contribution in [-0.2, 0) is 6.54 Å². The van der Waals surface area contributed by atoms with Crippen molar-refractivity contribution in [2.75, 3.05) is 6.61 Å². The van der Waals surface area contributed by atoms with Gasteiger partial charge in [0.05, 0.1) is 0 Å². The van der Waals surface area contributed by atoms with E-state index < -0.39 is 0 Å². The molecule has 1 saturated carbocycles. The van der Waals surface area contributed by atoms with Crippen LogP contribution in [0.4, 0.5) is 4.39 Å². The molecule has 0 aliphatic heterocycles. The van der Waals surface area contributed by atoms with Gasteiger partial charge in [0, 0.05) is 29.3 Å². The molecule has 0 saturated heterocycles. The fourth-order valence-corrected chi connectivity index (χ4v) is 2.89. The molecule has 2 N–H and O–H groups in total.